The van der Waals surface area contributed by atoms with Gasteiger partial charge in [0.2, 0.25) is 0 Å². The van der Waals surface area contributed by atoms with Gasteiger partial charge in [-0.05, 0) is 42.2 Å². The van der Waals surface area contributed by atoms with Crippen LogP contribution in [0.3, 0.4) is 0 Å². The van der Waals surface area contributed by atoms with Gasteiger partial charge < -0.3 is 9.84 Å². The Bertz CT molecular complexity index is 568. The van der Waals surface area contributed by atoms with E-state index >= 15 is 0 Å². The van der Waals surface area contributed by atoms with Crippen molar-refractivity contribution in [3.8, 4) is 5.75 Å². The third-order valence-electron chi connectivity index (χ3n) is 2.94. The Kier molecular flexibility index (Phi) is 11.9. The maximum absolute atomic E-state index is 10.9. The van der Waals surface area contributed by atoms with Crippen LogP contribution in [0.4, 0.5) is 0 Å². The zero-order chi connectivity index (χ0) is 18.4. The van der Waals surface area contributed by atoms with Crippen LogP contribution >= 0.6 is 0 Å². The molecule has 0 spiro atoms. The summed E-state index contributed by atoms with van der Waals surface area (Å²) < 4.78 is 5.71. The van der Waals surface area contributed by atoms with Crippen LogP contribution in [0.5, 0.6) is 5.75 Å². The minimum absolute atomic E-state index is 0.0123. The quantitative estimate of drug-likeness (QED) is 0.594. The van der Waals surface area contributed by atoms with Gasteiger partial charge in [0, 0.05) is 0 Å². The number of rotatable bonds is 9. The molecule has 1 rings (SSSR count). The molecule has 0 unspecified atom stereocenters. The molecule has 132 valence electrons. The number of aliphatic carboxylic acids is 1. The highest BCUT2D eigenvalue weighted by molar-refractivity contribution is 5.71. The maximum Gasteiger partial charge on any atom is 0.307 e. The van der Waals surface area contributed by atoms with E-state index in [4.69, 9.17) is 9.84 Å². The molecule has 0 radical (unpaired) electrons. The Morgan fingerprint density at radius 3 is 2.58 bits per heavy atom. The highest BCUT2D eigenvalue weighted by Gasteiger charge is 2.05. The molecule has 0 aromatic heterocycles. The molecule has 1 aromatic rings. The molecular weight excluding hydrogens is 300 g/mol. The van der Waals surface area contributed by atoms with Gasteiger partial charge in [0.25, 0.3) is 0 Å². The number of carboxylic acid groups (broad SMARTS) is 1. The fourth-order valence-corrected chi connectivity index (χ4v) is 1.99. The Labute approximate surface area is 146 Å². The Balaban J connectivity index is 0.00000254. The number of benzene rings is 1. The van der Waals surface area contributed by atoms with E-state index in [1.54, 1.807) is 6.07 Å². The third kappa shape index (κ3) is 9.67. The second-order valence-electron chi connectivity index (χ2n) is 5.12. The van der Waals surface area contributed by atoms with Gasteiger partial charge in [0.15, 0.2) is 0 Å². The van der Waals surface area contributed by atoms with Gasteiger partial charge in [-0.3, -0.25) is 4.79 Å². The van der Waals surface area contributed by atoms with E-state index in [9.17, 15) is 4.79 Å². The lowest BCUT2D eigenvalue weighted by molar-refractivity contribution is -0.136. The van der Waals surface area contributed by atoms with Gasteiger partial charge in [-0.25, -0.2) is 0 Å². The van der Waals surface area contributed by atoms with E-state index in [1.807, 2.05) is 51.1 Å². The number of unbranched alkanes of at least 4 members (excludes halogenated alkanes) is 1. The number of carbonyl (C=O) groups is 1. The van der Waals surface area contributed by atoms with Gasteiger partial charge in [0.1, 0.15) is 12.4 Å². The Morgan fingerprint density at radius 2 is 2.00 bits per heavy atom. The van der Waals surface area contributed by atoms with Crippen molar-refractivity contribution in [2.45, 2.75) is 47.0 Å². The smallest absolute Gasteiger partial charge is 0.307 e. The molecule has 0 saturated carbocycles. The van der Waals surface area contributed by atoms with Crippen LogP contribution in [0.25, 0.3) is 6.08 Å². The van der Waals surface area contributed by atoms with Crippen molar-refractivity contribution in [3.05, 3.63) is 59.7 Å². The van der Waals surface area contributed by atoms with Crippen LogP contribution in [-0.2, 0) is 11.2 Å². The third-order valence-corrected chi connectivity index (χ3v) is 2.94. The largest absolute Gasteiger partial charge is 0.489 e. The molecule has 0 aliphatic rings. The van der Waals surface area contributed by atoms with Crippen molar-refractivity contribution in [1.29, 1.82) is 0 Å². The van der Waals surface area contributed by atoms with Crippen LogP contribution in [0.1, 0.15) is 51.7 Å². The van der Waals surface area contributed by atoms with Gasteiger partial charge in [0.05, 0.1) is 6.42 Å². The summed E-state index contributed by atoms with van der Waals surface area (Å²) in [6.45, 7) is 12.3. The normalized spacial score (nSPS) is 10.5. The lowest BCUT2D eigenvalue weighted by atomic mass is 10.1. The molecule has 0 amide bonds. The standard InChI is InChI=1S/C19H24O3.C2H6/c1-4-6-7-9-16-10-17(13-19(20)21)12-18(11-16)22-14-15(3)8-5-2;1-2/h5,7-12H,3-4,6,13-14H2,1-2H3,(H,20,21);1-2H3/b8-5-,9-7+;. The van der Waals surface area contributed by atoms with E-state index < -0.39 is 5.97 Å². The Morgan fingerprint density at radius 1 is 1.29 bits per heavy atom. The summed E-state index contributed by atoms with van der Waals surface area (Å²) in [7, 11) is 0. The van der Waals surface area contributed by atoms with Crippen LogP contribution in [0.15, 0.2) is 48.6 Å². The van der Waals surface area contributed by atoms with Crippen molar-refractivity contribution in [1.82, 2.24) is 0 Å². The first-order chi connectivity index (χ1) is 11.5. The zero-order valence-corrected chi connectivity index (χ0v) is 15.3. The van der Waals surface area contributed by atoms with E-state index in [-0.39, 0.29) is 6.42 Å². The average Bonchev–Trinajstić information content (AvgIpc) is 2.55. The molecule has 1 N–H and O–H groups in total. The minimum Gasteiger partial charge on any atom is -0.489 e. The zero-order valence-electron chi connectivity index (χ0n) is 15.3. The molecule has 3 nitrogen and oxygen atoms in total. The molecule has 0 atom stereocenters. The number of allylic oxidation sites excluding steroid dienone is 2. The number of hydrogen-bond donors (Lipinski definition) is 1. The number of carboxylic acids is 1. The van der Waals surface area contributed by atoms with E-state index in [0.29, 0.717) is 12.4 Å². The van der Waals surface area contributed by atoms with E-state index in [1.165, 1.54) is 0 Å². The molecule has 0 aliphatic carbocycles. The second kappa shape index (κ2) is 13.2. The van der Waals surface area contributed by atoms with E-state index in [0.717, 1.165) is 29.5 Å². The summed E-state index contributed by atoms with van der Waals surface area (Å²) in [6.07, 6.45) is 9.95. The number of hydrogen-bond acceptors (Lipinski definition) is 2. The summed E-state index contributed by atoms with van der Waals surface area (Å²) in [5.74, 6) is -0.181. The van der Waals surface area contributed by atoms with Crippen molar-refractivity contribution >= 4 is 12.0 Å². The average molecular weight is 330 g/mol. The van der Waals surface area contributed by atoms with Gasteiger partial charge in [-0.15, -0.1) is 0 Å². The van der Waals surface area contributed by atoms with Crippen molar-refractivity contribution in [2.75, 3.05) is 6.61 Å². The van der Waals surface area contributed by atoms with Gasteiger partial charge >= 0.3 is 5.97 Å². The van der Waals surface area contributed by atoms with Crippen LogP contribution in [0.2, 0.25) is 0 Å². The summed E-state index contributed by atoms with van der Waals surface area (Å²) >= 11 is 0. The van der Waals surface area contributed by atoms with Gasteiger partial charge in [-0.1, -0.05) is 64.1 Å². The Hall–Kier alpha value is -2.29. The first kappa shape index (κ1) is 21.7. The molecule has 0 heterocycles. The fraction of sp³-hybridized carbons (Fsp3) is 0.381. The maximum atomic E-state index is 10.9. The van der Waals surface area contributed by atoms with Crippen LogP contribution in [0, 0.1) is 0 Å². The van der Waals surface area contributed by atoms with Crippen molar-refractivity contribution in [3.63, 3.8) is 0 Å². The summed E-state index contributed by atoms with van der Waals surface area (Å²) in [4.78, 5) is 10.9. The van der Waals surface area contributed by atoms with Crippen molar-refractivity contribution in [2.24, 2.45) is 0 Å². The summed E-state index contributed by atoms with van der Waals surface area (Å²) in [5, 5.41) is 8.97. The van der Waals surface area contributed by atoms with Crippen LogP contribution < -0.4 is 4.74 Å². The topological polar surface area (TPSA) is 46.5 Å². The molecule has 3 heteroatoms. The molecule has 1 aromatic carbocycles. The molecule has 0 saturated heterocycles. The summed E-state index contributed by atoms with van der Waals surface area (Å²) in [5.41, 5.74) is 2.56. The monoisotopic (exact) mass is 330 g/mol. The van der Waals surface area contributed by atoms with Gasteiger partial charge in [-0.2, -0.15) is 0 Å². The second-order valence-corrected chi connectivity index (χ2v) is 5.12. The predicted octanol–water partition coefficient (Wildman–Crippen LogP) is 5.66. The minimum atomic E-state index is -0.848. The lowest BCUT2D eigenvalue weighted by Gasteiger charge is -2.09. The highest BCUT2D eigenvalue weighted by Crippen LogP contribution is 2.20. The first-order valence-corrected chi connectivity index (χ1v) is 8.50. The molecule has 0 aliphatic heterocycles. The lowest BCUT2D eigenvalue weighted by Crippen LogP contribution is -2.03. The summed E-state index contributed by atoms with van der Waals surface area (Å²) in [6, 6.07) is 5.57. The predicted molar refractivity (Wildman–Crippen MR) is 103 cm³/mol. The fourth-order valence-electron chi connectivity index (χ4n) is 1.99. The highest BCUT2D eigenvalue weighted by atomic mass is 16.5. The number of ether oxygens (including phenoxy) is 1. The first-order valence-electron chi connectivity index (χ1n) is 8.50. The van der Waals surface area contributed by atoms with Crippen molar-refractivity contribution < 1.29 is 14.6 Å². The van der Waals surface area contributed by atoms with Crippen LogP contribution in [-0.4, -0.2) is 17.7 Å². The molecule has 0 fully saturated rings. The molecule has 0 bridgehead atoms. The SMILES string of the molecule is C=C(/C=C\C)COc1cc(/C=C/CCC)cc(CC(=O)O)c1.CC. The molecular formula is C21H30O3. The molecule has 24 heavy (non-hydrogen) atoms. The van der Waals surface area contributed by atoms with E-state index in [2.05, 4.69) is 19.6 Å².